The molecule has 1 aromatic heterocycles. The summed E-state index contributed by atoms with van der Waals surface area (Å²) in [5, 5.41) is 12.7. The zero-order valence-electron chi connectivity index (χ0n) is 14.3. The zero-order valence-corrected chi connectivity index (χ0v) is 14.3. The van der Waals surface area contributed by atoms with Crippen LogP contribution in [0.2, 0.25) is 0 Å². The van der Waals surface area contributed by atoms with E-state index in [-0.39, 0.29) is 12.0 Å². The second kappa shape index (κ2) is 7.75. The van der Waals surface area contributed by atoms with Crippen LogP contribution in [0.15, 0.2) is 59.1 Å². The minimum absolute atomic E-state index is 0.126. The summed E-state index contributed by atoms with van der Waals surface area (Å²) in [6, 6.07) is 17.0. The molecule has 0 aliphatic carbocycles. The number of hydrogen-bond donors (Lipinski definition) is 1. The maximum atomic E-state index is 9.22. The molecule has 0 saturated heterocycles. The quantitative estimate of drug-likeness (QED) is 0.688. The van der Waals surface area contributed by atoms with Crippen LogP contribution in [-0.4, -0.2) is 23.0 Å². The first-order valence-electron chi connectivity index (χ1n) is 8.24. The van der Waals surface area contributed by atoms with Crippen molar-refractivity contribution in [2.45, 2.75) is 26.4 Å². The van der Waals surface area contributed by atoms with Crippen molar-refractivity contribution in [3.63, 3.8) is 0 Å². The highest BCUT2D eigenvalue weighted by Gasteiger charge is 2.06. The predicted molar refractivity (Wildman–Crippen MR) is 95.0 cm³/mol. The van der Waals surface area contributed by atoms with Gasteiger partial charge in [-0.05, 0) is 61.0 Å². The van der Waals surface area contributed by atoms with Gasteiger partial charge in [-0.15, -0.1) is 0 Å². The minimum atomic E-state index is -0.126. The highest BCUT2D eigenvalue weighted by atomic mass is 16.5. The van der Waals surface area contributed by atoms with Crippen LogP contribution in [0.25, 0.3) is 11.3 Å². The highest BCUT2D eigenvalue weighted by Crippen LogP contribution is 2.25. The van der Waals surface area contributed by atoms with Gasteiger partial charge >= 0.3 is 0 Å². The molecule has 2 aromatic carbocycles. The summed E-state index contributed by atoms with van der Waals surface area (Å²) >= 11 is 0. The Morgan fingerprint density at radius 2 is 1.84 bits per heavy atom. The van der Waals surface area contributed by atoms with Crippen LogP contribution in [0.4, 0.5) is 0 Å². The number of aromatic nitrogens is 1. The lowest BCUT2D eigenvalue weighted by molar-refractivity contribution is 0.242. The number of aromatic hydroxyl groups is 1. The number of benzene rings is 2. The van der Waals surface area contributed by atoms with E-state index in [0.29, 0.717) is 12.4 Å². The fourth-order valence-electron chi connectivity index (χ4n) is 2.45. The third-order valence-corrected chi connectivity index (χ3v) is 3.57. The minimum Gasteiger partial charge on any atom is -0.493 e. The number of nitrogens with zero attached hydrogens (tertiary/aromatic N) is 1. The summed E-state index contributed by atoms with van der Waals surface area (Å²) < 4.78 is 16.5. The van der Waals surface area contributed by atoms with Gasteiger partial charge in [0.25, 0.3) is 5.88 Å². The normalized spacial score (nSPS) is 10.8. The SMILES string of the molecule is CC(C)Oc1cccc(CCOc2ccc(-c3cc(O)no3)cc2)c1. The zero-order chi connectivity index (χ0) is 17.6. The first kappa shape index (κ1) is 16.9. The smallest absolute Gasteiger partial charge is 0.252 e. The van der Waals surface area contributed by atoms with Crippen LogP contribution >= 0.6 is 0 Å². The number of hydrogen-bond acceptors (Lipinski definition) is 5. The van der Waals surface area contributed by atoms with E-state index in [0.717, 1.165) is 23.5 Å². The molecule has 0 aliphatic rings. The number of ether oxygens (including phenoxy) is 2. The maximum Gasteiger partial charge on any atom is 0.252 e. The molecule has 0 bridgehead atoms. The van der Waals surface area contributed by atoms with Crippen molar-refractivity contribution in [2.24, 2.45) is 0 Å². The van der Waals surface area contributed by atoms with E-state index in [1.54, 1.807) is 0 Å². The van der Waals surface area contributed by atoms with Gasteiger partial charge in [-0.25, -0.2) is 0 Å². The largest absolute Gasteiger partial charge is 0.493 e. The van der Waals surface area contributed by atoms with E-state index in [2.05, 4.69) is 11.2 Å². The predicted octanol–water partition coefficient (Wildman–Crippen LogP) is 4.46. The molecule has 5 nitrogen and oxygen atoms in total. The Morgan fingerprint density at radius 3 is 2.52 bits per heavy atom. The van der Waals surface area contributed by atoms with Gasteiger partial charge in [0.1, 0.15) is 11.5 Å². The standard InChI is InChI=1S/C20H21NO4/c1-14(2)24-18-5-3-4-15(12-18)10-11-23-17-8-6-16(7-9-17)19-13-20(22)21-25-19/h3-9,12-14H,10-11H2,1-2H3,(H,21,22). The van der Waals surface area contributed by atoms with E-state index in [9.17, 15) is 5.11 Å². The third-order valence-electron chi connectivity index (χ3n) is 3.57. The Bertz CT molecular complexity index is 809. The molecule has 0 aliphatic heterocycles. The molecular weight excluding hydrogens is 318 g/mol. The Balaban J connectivity index is 1.54. The van der Waals surface area contributed by atoms with Crippen LogP contribution in [0.3, 0.4) is 0 Å². The van der Waals surface area contributed by atoms with Gasteiger partial charge < -0.3 is 19.1 Å². The van der Waals surface area contributed by atoms with Crippen molar-refractivity contribution in [3.05, 3.63) is 60.2 Å². The summed E-state index contributed by atoms with van der Waals surface area (Å²) in [5.74, 6) is 2.05. The van der Waals surface area contributed by atoms with E-state index in [1.807, 2.05) is 56.3 Å². The fourth-order valence-corrected chi connectivity index (χ4v) is 2.45. The molecule has 0 fully saturated rings. The molecule has 5 heteroatoms. The lowest BCUT2D eigenvalue weighted by Gasteiger charge is -2.11. The summed E-state index contributed by atoms with van der Waals surface area (Å²) in [4.78, 5) is 0. The molecule has 0 amide bonds. The topological polar surface area (TPSA) is 64.7 Å². The van der Waals surface area contributed by atoms with Crippen molar-refractivity contribution in [1.29, 1.82) is 0 Å². The van der Waals surface area contributed by atoms with Crippen molar-refractivity contribution < 1.29 is 19.1 Å². The molecule has 1 N–H and O–H groups in total. The molecule has 130 valence electrons. The molecule has 0 unspecified atom stereocenters. The van der Waals surface area contributed by atoms with Crippen molar-refractivity contribution >= 4 is 0 Å². The Hall–Kier alpha value is -2.95. The van der Waals surface area contributed by atoms with E-state index >= 15 is 0 Å². The van der Waals surface area contributed by atoms with Crippen LogP contribution in [0.5, 0.6) is 17.4 Å². The van der Waals surface area contributed by atoms with Crippen molar-refractivity contribution in [1.82, 2.24) is 5.16 Å². The summed E-state index contributed by atoms with van der Waals surface area (Å²) in [7, 11) is 0. The van der Waals surface area contributed by atoms with E-state index in [4.69, 9.17) is 14.0 Å². The lowest BCUT2D eigenvalue weighted by Crippen LogP contribution is -2.06. The summed E-state index contributed by atoms with van der Waals surface area (Å²) in [6.07, 6.45) is 0.962. The first-order chi connectivity index (χ1) is 12.1. The van der Waals surface area contributed by atoms with Gasteiger partial charge in [-0.1, -0.05) is 12.1 Å². The van der Waals surface area contributed by atoms with Gasteiger partial charge in [-0.2, -0.15) is 0 Å². The molecular formula is C20H21NO4. The third kappa shape index (κ3) is 4.76. The molecule has 25 heavy (non-hydrogen) atoms. The monoisotopic (exact) mass is 339 g/mol. The second-order valence-electron chi connectivity index (χ2n) is 5.99. The Labute approximate surface area is 146 Å². The van der Waals surface area contributed by atoms with Gasteiger partial charge in [0.05, 0.1) is 12.7 Å². The molecule has 0 spiro atoms. The fraction of sp³-hybridized carbons (Fsp3) is 0.250. The molecule has 0 radical (unpaired) electrons. The molecule has 3 rings (SSSR count). The van der Waals surface area contributed by atoms with E-state index in [1.165, 1.54) is 11.6 Å². The van der Waals surface area contributed by atoms with Gasteiger partial charge in [0.15, 0.2) is 5.76 Å². The Morgan fingerprint density at radius 1 is 1.04 bits per heavy atom. The lowest BCUT2D eigenvalue weighted by atomic mass is 10.1. The molecule has 3 aromatic rings. The van der Waals surface area contributed by atoms with Crippen molar-refractivity contribution in [3.8, 4) is 28.7 Å². The first-order valence-corrected chi connectivity index (χ1v) is 8.24. The molecule has 0 atom stereocenters. The van der Waals surface area contributed by atoms with Crippen LogP contribution < -0.4 is 9.47 Å². The molecule has 1 heterocycles. The maximum absolute atomic E-state index is 9.22. The molecule has 0 saturated carbocycles. The summed E-state index contributed by atoms with van der Waals surface area (Å²) in [6.45, 7) is 4.60. The average Bonchev–Trinajstić information content (AvgIpc) is 3.02. The summed E-state index contributed by atoms with van der Waals surface area (Å²) in [5.41, 5.74) is 2.01. The van der Waals surface area contributed by atoms with Gasteiger partial charge in [0, 0.05) is 18.1 Å². The second-order valence-corrected chi connectivity index (χ2v) is 5.99. The van der Waals surface area contributed by atoms with Gasteiger partial charge in [0.2, 0.25) is 0 Å². The number of rotatable bonds is 7. The van der Waals surface area contributed by atoms with Crippen LogP contribution in [-0.2, 0) is 6.42 Å². The van der Waals surface area contributed by atoms with Crippen molar-refractivity contribution in [2.75, 3.05) is 6.61 Å². The highest BCUT2D eigenvalue weighted by molar-refractivity contribution is 5.58. The average molecular weight is 339 g/mol. The van der Waals surface area contributed by atoms with Gasteiger partial charge in [-0.3, -0.25) is 0 Å². The van der Waals surface area contributed by atoms with E-state index < -0.39 is 0 Å². The Kier molecular flexibility index (Phi) is 5.23. The van der Waals surface area contributed by atoms with Crippen LogP contribution in [0.1, 0.15) is 19.4 Å². The van der Waals surface area contributed by atoms with Crippen LogP contribution in [0, 0.1) is 0 Å².